The number of anilines is 1. The van der Waals surface area contributed by atoms with Gasteiger partial charge >= 0.3 is 0 Å². The second-order valence-electron chi connectivity index (χ2n) is 6.91. The van der Waals surface area contributed by atoms with Crippen LogP contribution < -0.4 is 5.32 Å². The summed E-state index contributed by atoms with van der Waals surface area (Å²) in [5, 5.41) is 4.83. The highest BCUT2D eigenvalue weighted by atomic mass is 32.1. The number of thiazole rings is 1. The van der Waals surface area contributed by atoms with E-state index in [2.05, 4.69) is 20.6 Å². The number of aromatic nitrogens is 1. The van der Waals surface area contributed by atoms with E-state index in [1.54, 1.807) is 47.7 Å². The Balaban J connectivity index is 1.33. The van der Waals surface area contributed by atoms with Gasteiger partial charge in [-0.15, -0.1) is 11.3 Å². The maximum Gasteiger partial charge on any atom is 0.291 e. The molecule has 3 heterocycles. The average Bonchev–Trinajstić information content (AvgIpc) is 3.40. The molecule has 4 rings (SSSR count). The van der Waals surface area contributed by atoms with Gasteiger partial charge in [0.1, 0.15) is 0 Å². The molecule has 0 atom stereocenters. The van der Waals surface area contributed by atoms with Crippen molar-refractivity contribution in [3.8, 4) is 0 Å². The summed E-state index contributed by atoms with van der Waals surface area (Å²) in [6.45, 7) is 4.05. The van der Waals surface area contributed by atoms with Crippen LogP contribution in [0.3, 0.4) is 0 Å². The number of furan rings is 1. The van der Waals surface area contributed by atoms with Crippen LogP contribution in [-0.4, -0.2) is 52.8 Å². The Labute approximate surface area is 173 Å². The van der Waals surface area contributed by atoms with Crippen molar-refractivity contribution in [1.82, 2.24) is 14.8 Å². The molecule has 0 saturated carbocycles. The molecule has 2 amide bonds. The third-order valence-electron chi connectivity index (χ3n) is 4.88. The molecule has 150 valence electrons. The predicted molar refractivity (Wildman–Crippen MR) is 111 cm³/mol. The first-order valence-corrected chi connectivity index (χ1v) is 10.5. The Kier molecular flexibility index (Phi) is 6.02. The van der Waals surface area contributed by atoms with Crippen molar-refractivity contribution < 1.29 is 14.0 Å². The summed E-state index contributed by atoms with van der Waals surface area (Å²) in [4.78, 5) is 33.5. The topological polar surface area (TPSA) is 78.7 Å². The summed E-state index contributed by atoms with van der Waals surface area (Å²) in [6.07, 6.45) is 2.39. The fraction of sp³-hybridized carbons (Fsp3) is 0.286. The van der Waals surface area contributed by atoms with Gasteiger partial charge in [0.15, 0.2) is 5.76 Å². The molecular weight excluding hydrogens is 388 g/mol. The molecule has 0 aliphatic carbocycles. The van der Waals surface area contributed by atoms with Gasteiger partial charge in [-0.05, 0) is 42.8 Å². The quantitative estimate of drug-likeness (QED) is 0.698. The maximum atomic E-state index is 12.9. The Morgan fingerprint density at radius 1 is 1.10 bits per heavy atom. The number of hydrogen-bond acceptors (Lipinski definition) is 6. The molecule has 7 nitrogen and oxygen atoms in total. The third kappa shape index (κ3) is 4.90. The average molecular weight is 410 g/mol. The molecule has 29 heavy (non-hydrogen) atoms. The van der Waals surface area contributed by atoms with Gasteiger partial charge in [0.2, 0.25) is 0 Å². The standard InChI is InChI=1S/C21H22N4O3S/c26-20(19-3-1-12-28-19)23-17-6-4-16(5-7-17)21(27)25-9-2-8-24(10-11-25)13-18-14-29-15-22-18/h1,3-7,12,14-15H,2,8-11,13H2,(H,23,26). The number of carbonyl (C=O) groups is 2. The summed E-state index contributed by atoms with van der Waals surface area (Å²) in [5.74, 6) is -0.0526. The molecule has 1 fully saturated rings. The lowest BCUT2D eigenvalue weighted by Gasteiger charge is -2.21. The van der Waals surface area contributed by atoms with E-state index >= 15 is 0 Å². The molecule has 8 heteroatoms. The Morgan fingerprint density at radius 3 is 2.69 bits per heavy atom. The van der Waals surface area contributed by atoms with Gasteiger partial charge in [-0.25, -0.2) is 4.98 Å². The SMILES string of the molecule is O=C(Nc1ccc(C(=O)N2CCCN(Cc3cscn3)CC2)cc1)c1ccco1. The molecule has 0 spiro atoms. The number of nitrogens with one attached hydrogen (secondary N) is 1. The molecule has 0 radical (unpaired) electrons. The third-order valence-corrected chi connectivity index (χ3v) is 5.51. The largest absolute Gasteiger partial charge is 0.459 e. The molecule has 1 aliphatic rings. The lowest BCUT2D eigenvalue weighted by Crippen LogP contribution is -2.35. The van der Waals surface area contributed by atoms with Crippen molar-refractivity contribution in [3.63, 3.8) is 0 Å². The van der Waals surface area contributed by atoms with E-state index in [0.717, 1.165) is 38.3 Å². The smallest absolute Gasteiger partial charge is 0.291 e. The van der Waals surface area contributed by atoms with E-state index in [9.17, 15) is 9.59 Å². The summed E-state index contributed by atoms with van der Waals surface area (Å²) in [5.41, 5.74) is 4.17. The van der Waals surface area contributed by atoms with Gasteiger partial charge in [0.25, 0.3) is 11.8 Å². The number of benzene rings is 1. The predicted octanol–water partition coefficient (Wildman–Crippen LogP) is 3.34. The van der Waals surface area contributed by atoms with Crippen LogP contribution in [0.1, 0.15) is 33.0 Å². The van der Waals surface area contributed by atoms with Crippen LogP contribution in [0.25, 0.3) is 0 Å². The Bertz CT molecular complexity index is 939. The van der Waals surface area contributed by atoms with Crippen LogP contribution in [0.2, 0.25) is 0 Å². The zero-order valence-electron chi connectivity index (χ0n) is 15.9. The number of carbonyl (C=O) groups excluding carboxylic acids is 2. The molecule has 2 aromatic heterocycles. The number of nitrogens with zero attached hydrogens (tertiary/aromatic N) is 3. The van der Waals surface area contributed by atoms with Gasteiger partial charge in [0.05, 0.1) is 17.5 Å². The molecule has 3 aromatic rings. The first-order valence-electron chi connectivity index (χ1n) is 9.52. The fourth-order valence-electron chi connectivity index (χ4n) is 3.36. The van der Waals surface area contributed by atoms with E-state index in [1.165, 1.54) is 6.26 Å². The summed E-state index contributed by atoms with van der Waals surface area (Å²) in [7, 11) is 0. The van der Waals surface area contributed by atoms with Gasteiger partial charge in [-0.3, -0.25) is 14.5 Å². The molecule has 1 aliphatic heterocycles. The van der Waals surface area contributed by atoms with Crippen LogP contribution in [0.15, 0.2) is 58.0 Å². The highest BCUT2D eigenvalue weighted by Gasteiger charge is 2.21. The minimum absolute atomic E-state index is 0.0180. The van der Waals surface area contributed by atoms with Crippen molar-refractivity contribution in [2.24, 2.45) is 0 Å². The van der Waals surface area contributed by atoms with Crippen LogP contribution in [-0.2, 0) is 6.54 Å². The molecule has 1 saturated heterocycles. The maximum absolute atomic E-state index is 12.9. The van der Waals surface area contributed by atoms with Crippen LogP contribution in [0, 0.1) is 0 Å². The molecule has 1 N–H and O–H groups in total. The van der Waals surface area contributed by atoms with Crippen molar-refractivity contribution in [2.45, 2.75) is 13.0 Å². The van der Waals surface area contributed by atoms with Gasteiger partial charge in [0, 0.05) is 49.4 Å². The fourth-order valence-corrected chi connectivity index (χ4v) is 3.91. The normalized spacial score (nSPS) is 15.1. The van der Waals surface area contributed by atoms with E-state index < -0.39 is 0 Å². The number of hydrogen-bond donors (Lipinski definition) is 1. The lowest BCUT2D eigenvalue weighted by atomic mass is 10.1. The lowest BCUT2D eigenvalue weighted by molar-refractivity contribution is 0.0761. The Hall–Kier alpha value is -2.97. The number of amides is 2. The zero-order chi connectivity index (χ0) is 20.1. The number of rotatable bonds is 5. The minimum atomic E-state index is -0.318. The van der Waals surface area contributed by atoms with E-state index in [-0.39, 0.29) is 17.6 Å². The van der Waals surface area contributed by atoms with Gasteiger partial charge in [-0.2, -0.15) is 0 Å². The van der Waals surface area contributed by atoms with E-state index in [1.807, 2.05) is 10.4 Å². The van der Waals surface area contributed by atoms with Crippen molar-refractivity contribution in [3.05, 3.63) is 70.6 Å². The highest BCUT2D eigenvalue weighted by Crippen LogP contribution is 2.15. The molecule has 0 unspecified atom stereocenters. The van der Waals surface area contributed by atoms with E-state index in [0.29, 0.717) is 17.8 Å². The minimum Gasteiger partial charge on any atom is -0.459 e. The summed E-state index contributed by atoms with van der Waals surface area (Å²) >= 11 is 1.61. The second kappa shape index (κ2) is 9.02. The summed E-state index contributed by atoms with van der Waals surface area (Å²) in [6, 6.07) is 10.2. The Morgan fingerprint density at radius 2 is 1.97 bits per heavy atom. The van der Waals surface area contributed by atoms with Crippen molar-refractivity contribution in [2.75, 3.05) is 31.5 Å². The van der Waals surface area contributed by atoms with Gasteiger partial charge in [-0.1, -0.05) is 0 Å². The monoisotopic (exact) mass is 410 g/mol. The van der Waals surface area contributed by atoms with Crippen molar-refractivity contribution in [1.29, 1.82) is 0 Å². The van der Waals surface area contributed by atoms with Crippen LogP contribution in [0.5, 0.6) is 0 Å². The molecular formula is C21H22N4O3S. The summed E-state index contributed by atoms with van der Waals surface area (Å²) < 4.78 is 5.08. The highest BCUT2D eigenvalue weighted by molar-refractivity contribution is 7.07. The zero-order valence-corrected chi connectivity index (χ0v) is 16.7. The molecule has 1 aromatic carbocycles. The van der Waals surface area contributed by atoms with Gasteiger partial charge < -0.3 is 14.6 Å². The van der Waals surface area contributed by atoms with Crippen molar-refractivity contribution >= 4 is 28.8 Å². The van der Waals surface area contributed by atoms with Crippen LogP contribution >= 0.6 is 11.3 Å². The first-order chi connectivity index (χ1) is 14.2. The van der Waals surface area contributed by atoms with E-state index in [4.69, 9.17) is 4.42 Å². The van der Waals surface area contributed by atoms with Crippen LogP contribution in [0.4, 0.5) is 5.69 Å². The molecule has 0 bridgehead atoms. The second-order valence-corrected chi connectivity index (χ2v) is 7.63. The first kappa shape index (κ1) is 19.4.